The molecule has 2 aromatic heterocycles. The zero-order valence-electron chi connectivity index (χ0n) is 13.2. The third kappa shape index (κ3) is 3.37. The Morgan fingerprint density at radius 1 is 1.22 bits per heavy atom. The van der Waals surface area contributed by atoms with Crippen LogP contribution in [0.3, 0.4) is 0 Å². The summed E-state index contributed by atoms with van der Waals surface area (Å²) < 4.78 is 5.84. The van der Waals surface area contributed by atoms with Crippen LogP contribution in [0.25, 0.3) is 11.0 Å². The molecule has 2 heterocycles. The van der Waals surface area contributed by atoms with E-state index in [1.807, 2.05) is 37.3 Å². The van der Waals surface area contributed by atoms with Gasteiger partial charge in [0.05, 0.1) is 10.9 Å². The second-order valence-electron chi connectivity index (χ2n) is 5.87. The Bertz CT molecular complexity index is 807. The van der Waals surface area contributed by atoms with Gasteiger partial charge in [0, 0.05) is 5.39 Å². The molecule has 0 bridgehead atoms. The van der Waals surface area contributed by atoms with E-state index in [1.165, 1.54) is 0 Å². The van der Waals surface area contributed by atoms with E-state index in [0.29, 0.717) is 11.8 Å². The van der Waals surface area contributed by atoms with Crippen LogP contribution in [-0.4, -0.2) is 15.0 Å². The Morgan fingerprint density at radius 2 is 1.96 bits per heavy atom. The van der Waals surface area contributed by atoms with Crippen LogP contribution in [0.4, 0.5) is 11.9 Å². The van der Waals surface area contributed by atoms with Crippen LogP contribution in [0.15, 0.2) is 34.7 Å². The summed E-state index contributed by atoms with van der Waals surface area (Å²) in [5.41, 5.74) is 6.59. The van der Waals surface area contributed by atoms with E-state index in [2.05, 4.69) is 20.3 Å². The number of benzene rings is 1. The highest BCUT2D eigenvalue weighted by molar-refractivity contribution is 6.23. The molecule has 120 valence electrons. The Balaban J connectivity index is 1.87. The van der Waals surface area contributed by atoms with Crippen molar-refractivity contribution in [3.63, 3.8) is 0 Å². The summed E-state index contributed by atoms with van der Waals surface area (Å²) in [4.78, 5) is 11.8. The lowest BCUT2D eigenvalue weighted by Gasteiger charge is -2.16. The van der Waals surface area contributed by atoms with Gasteiger partial charge in [-0.15, -0.1) is 11.6 Å². The second kappa shape index (κ2) is 5.70. The average Bonchev–Trinajstić information content (AvgIpc) is 2.89. The minimum atomic E-state index is -0.726. The van der Waals surface area contributed by atoms with Gasteiger partial charge in [-0.3, -0.25) is 0 Å². The van der Waals surface area contributed by atoms with Crippen molar-refractivity contribution in [2.24, 2.45) is 0 Å². The van der Waals surface area contributed by atoms with Crippen LogP contribution in [0.1, 0.15) is 38.4 Å². The zero-order valence-corrected chi connectivity index (χ0v) is 13.9. The maximum Gasteiger partial charge on any atom is 0.228 e. The standard InChI is InChI=1S/C16H18ClN5O/c1-9(12-8-10-6-4-5-7-11(10)23-12)19-15-21-13(16(2,3)17)20-14(18)22-15/h4-9H,1-3H3,(H3,18,19,20,21,22). The quantitative estimate of drug-likeness (QED) is 0.706. The third-order valence-corrected chi connectivity index (χ3v) is 3.57. The molecular weight excluding hydrogens is 314 g/mol. The molecule has 0 radical (unpaired) electrons. The number of para-hydroxylation sites is 1. The van der Waals surface area contributed by atoms with Crippen molar-refractivity contribution in [1.82, 2.24) is 15.0 Å². The summed E-state index contributed by atoms with van der Waals surface area (Å²) in [6, 6.07) is 9.71. The van der Waals surface area contributed by atoms with Gasteiger partial charge in [-0.2, -0.15) is 15.0 Å². The third-order valence-electron chi connectivity index (χ3n) is 3.40. The predicted molar refractivity (Wildman–Crippen MR) is 91.4 cm³/mol. The van der Waals surface area contributed by atoms with Gasteiger partial charge in [0.15, 0.2) is 5.82 Å². The molecule has 1 aromatic carbocycles. The van der Waals surface area contributed by atoms with Crippen LogP contribution in [0, 0.1) is 0 Å². The van der Waals surface area contributed by atoms with Gasteiger partial charge in [0.25, 0.3) is 0 Å². The molecule has 1 unspecified atom stereocenters. The molecule has 23 heavy (non-hydrogen) atoms. The normalized spacial score (nSPS) is 13.2. The SMILES string of the molecule is CC(Nc1nc(N)nc(C(C)(C)Cl)n1)c1cc2ccccc2o1. The van der Waals surface area contributed by atoms with E-state index in [9.17, 15) is 0 Å². The molecule has 0 fully saturated rings. The highest BCUT2D eigenvalue weighted by Crippen LogP contribution is 2.28. The molecule has 0 aliphatic carbocycles. The van der Waals surface area contributed by atoms with Crippen LogP contribution < -0.4 is 11.1 Å². The molecular formula is C16H18ClN5O. The summed E-state index contributed by atoms with van der Waals surface area (Å²) in [5, 5.41) is 4.23. The second-order valence-corrected chi connectivity index (χ2v) is 6.81. The number of hydrogen-bond acceptors (Lipinski definition) is 6. The number of fused-ring (bicyclic) bond motifs is 1. The molecule has 0 spiro atoms. The first-order valence-corrected chi connectivity index (χ1v) is 7.66. The fourth-order valence-electron chi connectivity index (χ4n) is 2.20. The van der Waals surface area contributed by atoms with E-state index in [-0.39, 0.29) is 12.0 Å². The molecule has 0 saturated carbocycles. The number of furan rings is 1. The van der Waals surface area contributed by atoms with Crippen molar-refractivity contribution in [1.29, 1.82) is 0 Å². The van der Waals surface area contributed by atoms with Crippen LogP contribution in [0.2, 0.25) is 0 Å². The van der Waals surface area contributed by atoms with Crippen molar-refractivity contribution in [2.45, 2.75) is 31.7 Å². The van der Waals surface area contributed by atoms with Crippen molar-refractivity contribution in [3.8, 4) is 0 Å². The number of halogens is 1. The van der Waals surface area contributed by atoms with Crippen LogP contribution in [-0.2, 0) is 4.87 Å². The fraction of sp³-hybridized carbons (Fsp3) is 0.312. The van der Waals surface area contributed by atoms with Crippen molar-refractivity contribution in [3.05, 3.63) is 41.9 Å². The Hall–Kier alpha value is -2.34. The lowest BCUT2D eigenvalue weighted by Crippen LogP contribution is -2.18. The first-order chi connectivity index (χ1) is 10.8. The van der Waals surface area contributed by atoms with Crippen LogP contribution >= 0.6 is 11.6 Å². The Morgan fingerprint density at radius 3 is 2.65 bits per heavy atom. The number of aromatic nitrogens is 3. The fourth-order valence-corrected chi connectivity index (χ4v) is 2.29. The molecule has 7 heteroatoms. The number of anilines is 2. The van der Waals surface area contributed by atoms with Crippen LogP contribution in [0.5, 0.6) is 0 Å². The monoisotopic (exact) mass is 331 g/mol. The number of nitrogens with two attached hydrogens (primary N) is 1. The summed E-state index contributed by atoms with van der Waals surface area (Å²) in [5.74, 6) is 1.71. The molecule has 0 aliphatic heterocycles. The summed E-state index contributed by atoms with van der Waals surface area (Å²) >= 11 is 6.25. The summed E-state index contributed by atoms with van der Waals surface area (Å²) in [6.45, 7) is 5.56. The molecule has 3 rings (SSSR count). The van der Waals surface area contributed by atoms with Gasteiger partial charge >= 0.3 is 0 Å². The van der Waals surface area contributed by atoms with Gasteiger partial charge < -0.3 is 15.5 Å². The van der Waals surface area contributed by atoms with Gasteiger partial charge in [0.2, 0.25) is 11.9 Å². The minimum Gasteiger partial charge on any atom is -0.459 e. The topological polar surface area (TPSA) is 89.9 Å². The van der Waals surface area contributed by atoms with Crippen molar-refractivity contribution >= 4 is 34.5 Å². The van der Waals surface area contributed by atoms with Gasteiger partial charge in [0.1, 0.15) is 11.3 Å². The Labute approximate surface area is 139 Å². The smallest absolute Gasteiger partial charge is 0.228 e. The highest BCUT2D eigenvalue weighted by Gasteiger charge is 2.23. The largest absolute Gasteiger partial charge is 0.459 e. The molecule has 3 aromatic rings. The number of hydrogen-bond donors (Lipinski definition) is 2. The van der Waals surface area contributed by atoms with Gasteiger partial charge in [-0.25, -0.2) is 0 Å². The first kappa shape index (κ1) is 15.6. The zero-order chi connectivity index (χ0) is 16.6. The maximum atomic E-state index is 6.25. The minimum absolute atomic E-state index is 0.128. The van der Waals surface area contributed by atoms with Crippen molar-refractivity contribution in [2.75, 3.05) is 11.1 Å². The molecule has 6 nitrogen and oxygen atoms in total. The van der Waals surface area contributed by atoms with E-state index < -0.39 is 4.87 Å². The Kier molecular flexibility index (Phi) is 3.85. The predicted octanol–water partition coefficient (Wildman–Crippen LogP) is 3.85. The molecule has 1 atom stereocenters. The average molecular weight is 332 g/mol. The number of nitrogens with zero attached hydrogens (tertiary/aromatic N) is 3. The molecule has 0 amide bonds. The van der Waals surface area contributed by atoms with E-state index in [4.69, 9.17) is 21.8 Å². The van der Waals surface area contributed by atoms with Gasteiger partial charge in [-0.05, 0) is 32.9 Å². The number of alkyl halides is 1. The molecule has 3 N–H and O–H groups in total. The first-order valence-electron chi connectivity index (χ1n) is 7.29. The lowest BCUT2D eigenvalue weighted by molar-refractivity contribution is 0.524. The van der Waals surface area contributed by atoms with E-state index >= 15 is 0 Å². The maximum absolute atomic E-state index is 6.25. The number of nitrogens with one attached hydrogen (secondary N) is 1. The summed E-state index contributed by atoms with van der Waals surface area (Å²) in [6.07, 6.45) is 0. The van der Waals surface area contributed by atoms with Gasteiger partial charge in [-0.1, -0.05) is 18.2 Å². The summed E-state index contributed by atoms with van der Waals surface area (Å²) in [7, 11) is 0. The number of nitrogen functional groups attached to an aromatic ring is 1. The van der Waals surface area contributed by atoms with Crippen molar-refractivity contribution < 1.29 is 4.42 Å². The highest BCUT2D eigenvalue weighted by atomic mass is 35.5. The van der Waals surface area contributed by atoms with E-state index in [1.54, 1.807) is 13.8 Å². The molecule has 0 aliphatic rings. The molecule has 0 saturated heterocycles. The van der Waals surface area contributed by atoms with E-state index in [0.717, 1.165) is 16.7 Å². The number of rotatable bonds is 4. The lowest BCUT2D eigenvalue weighted by atomic mass is 10.2.